The zero-order chi connectivity index (χ0) is 18.3. The van der Waals surface area contributed by atoms with Crippen molar-refractivity contribution in [3.63, 3.8) is 0 Å². The summed E-state index contributed by atoms with van der Waals surface area (Å²) in [6.45, 7) is 0. The van der Waals surface area contributed by atoms with Gasteiger partial charge in [-0.15, -0.1) is 15.0 Å². The van der Waals surface area contributed by atoms with Crippen LogP contribution < -0.4 is 6.15 Å². The third-order valence-electron chi connectivity index (χ3n) is 3.95. The van der Waals surface area contributed by atoms with Gasteiger partial charge in [0, 0.05) is 0 Å². The Balaban J connectivity index is 0.00000210. The van der Waals surface area contributed by atoms with Gasteiger partial charge < -0.3 is 15.8 Å². The van der Waals surface area contributed by atoms with Gasteiger partial charge in [0.1, 0.15) is 32.6 Å². The minimum absolute atomic E-state index is 0. The molecular weight excluding hydrogens is 368 g/mol. The molecule has 5 N–H and O–H groups in total. The fourth-order valence-corrected chi connectivity index (χ4v) is 3.11. The molecule has 0 saturated heterocycles. The number of phenols is 1. The van der Waals surface area contributed by atoms with Gasteiger partial charge in [0.15, 0.2) is 0 Å². The Bertz CT molecular complexity index is 1180. The van der Waals surface area contributed by atoms with Crippen LogP contribution in [0.5, 0.6) is 5.75 Å². The topological polar surface area (TPSA) is 145 Å². The van der Waals surface area contributed by atoms with Gasteiger partial charge in [-0.05, 0) is 47.5 Å². The van der Waals surface area contributed by atoms with Crippen LogP contribution in [0.2, 0.25) is 0 Å². The Kier molecular flexibility index (Phi) is 4.66. The fraction of sp³-hybridized carbons (Fsp3) is 0. The Morgan fingerprint density at radius 2 is 1.41 bits per heavy atom. The Hall–Kier alpha value is -3.27. The highest BCUT2D eigenvalue weighted by molar-refractivity contribution is 7.85. The summed E-state index contributed by atoms with van der Waals surface area (Å²) in [5.41, 5.74) is 3.19. The van der Waals surface area contributed by atoms with E-state index >= 15 is 0 Å². The number of phenolic OH excluding ortho intramolecular Hbond substituents is 1. The lowest BCUT2D eigenvalue weighted by Crippen LogP contribution is -2.00. The van der Waals surface area contributed by atoms with Gasteiger partial charge in [0.25, 0.3) is 0 Å². The quantitative estimate of drug-likeness (QED) is 0.519. The van der Waals surface area contributed by atoms with Crippen molar-refractivity contribution in [2.45, 2.75) is 4.90 Å². The molecule has 8 nitrogen and oxygen atoms in total. The average molecular weight is 384 g/mol. The molecular formula is C18H16N4O4S. The number of fused-ring (bicyclic) bond motifs is 1. The molecule has 9 heteroatoms. The molecule has 27 heavy (non-hydrogen) atoms. The molecule has 3 aromatic carbocycles. The summed E-state index contributed by atoms with van der Waals surface area (Å²) in [6.07, 6.45) is 0. The number of benzene rings is 3. The molecule has 138 valence electrons. The summed E-state index contributed by atoms with van der Waals surface area (Å²) in [5.74, 6) is 0.00723. The Labute approximate surface area is 155 Å². The van der Waals surface area contributed by atoms with E-state index in [9.17, 15) is 18.1 Å². The maximum atomic E-state index is 11.0. The van der Waals surface area contributed by atoms with E-state index in [0.717, 1.165) is 0 Å². The number of aromatic nitrogens is 3. The van der Waals surface area contributed by atoms with Crippen LogP contribution in [0.3, 0.4) is 0 Å². The molecule has 0 spiro atoms. The van der Waals surface area contributed by atoms with Crippen molar-refractivity contribution in [2.75, 3.05) is 0 Å². The van der Waals surface area contributed by atoms with Crippen molar-refractivity contribution in [1.29, 1.82) is 0 Å². The van der Waals surface area contributed by atoms with Crippen LogP contribution in [0, 0.1) is 0 Å². The van der Waals surface area contributed by atoms with Gasteiger partial charge in [-0.25, -0.2) is 8.42 Å². The molecule has 0 saturated carbocycles. The number of hydrogen-bond donors (Lipinski definition) is 2. The normalized spacial score (nSPS) is 11.3. The lowest BCUT2D eigenvalue weighted by atomic mass is 10.0. The monoisotopic (exact) mass is 384 g/mol. The van der Waals surface area contributed by atoms with Crippen molar-refractivity contribution in [3.05, 3.63) is 66.7 Å². The smallest absolute Gasteiger partial charge is 0.143 e. The minimum atomic E-state index is -4.49. The van der Waals surface area contributed by atoms with Crippen LogP contribution in [-0.4, -0.2) is 33.1 Å². The molecule has 0 aliphatic heterocycles. The SMILES string of the molecule is O=S(=O)([O-])c1ccc(-c2ccc(O)c(-n3nc4ccccc4n3)c2)cc1.[NH4+]. The first kappa shape index (κ1) is 18.5. The van der Waals surface area contributed by atoms with Crippen molar-refractivity contribution >= 4 is 21.2 Å². The van der Waals surface area contributed by atoms with Crippen LogP contribution in [0.15, 0.2) is 71.6 Å². The number of aromatic hydroxyl groups is 1. The molecule has 0 amide bonds. The first-order valence-electron chi connectivity index (χ1n) is 7.64. The maximum Gasteiger partial charge on any atom is 0.143 e. The fourth-order valence-electron chi connectivity index (χ4n) is 2.64. The van der Waals surface area contributed by atoms with Crippen LogP contribution >= 0.6 is 0 Å². The molecule has 0 unspecified atom stereocenters. The summed E-state index contributed by atoms with van der Waals surface area (Å²) in [7, 11) is -4.49. The Morgan fingerprint density at radius 3 is 1.96 bits per heavy atom. The highest BCUT2D eigenvalue weighted by Crippen LogP contribution is 2.29. The second-order valence-corrected chi connectivity index (χ2v) is 7.04. The van der Waals surface area contributed by atoms with E-state index in [1.54, 1.807) is 12.1 Å². The second kappa shape index (κ2) is 6.80. The van der Waals surface area contributed by atoms with Crippen LogP contribution in [0.4, 0.5) is 0 Å². The van der Waals surface area contributed by atoms with Gasteiger partial charge in [0.2, 0.25) is 0 Å². The van der Waals surface area contributed by atoms with E-state index < -0.39 is 10.1 Å². The third kappa shape index (κ3) is 3.51. The number of rotatable bonds is 3. The van der Waals surface area contributed by atoms with Crippen LogP contribution in [0.25, 0.3) is 27.8 Å². The zero-order valence-corrected chi connectivity index (χ0v) is 15.1. The highest BCUT2D eigenvalue weighted by Gasteiger charge is 2.11. The summed E-state index contributed by atoms with van der Waals surface area (Å²) >= 11 is 0. The first-order chi connectivity index (χ1) is 12.4. The lowest BCUT2D eigenvalue weighted by molar-refractivity contribution is 0.463. The lowest BCUT2D eigenvalue weighted by Gasteiger charge is -2.09. The maximum absolute atomic E-state index is 11.0. The van der Waals surface area contributed by atoms with Crippen molar-refractivity contribution in [3.8, 4) is 22.6 Å². The van der Waals surface area contributed by atoms with Crippen molar-refractivity contribution in [1.82, 2.24) is 21.1 Å². The highest BCUT2D eigenvalue weighted by atomic mass is 32.2. The van der Waals surface area contributed by atoms with E-state index in [0.29, 0.717) is 27.8 Å². The van der Waals surface area contributed by atoms with E-state index in [-0.39, 0.29) is 16.8 Å². The van der Waals surface area contributed by atoms with Gasteiger partial charge in [-0.1, -0.05) is 30.3 Å². The number of hydrogen-bond acceptors (Lipinski definition) is 6. The van der Waals surface area contributed by atoms with E-state index in [4.69, 9.17) is 0 Å². The number of nitrogens with zero attached hydrogens (tertiary/aromatic N) is 3. The van der Waals surface area contributed by atoms with Gasteiger partial charge in [-0.2, -0.15) is 0 Å². The summed E-state index contributed by atoms with van der Waals surface area (Å²) in [4.78, 5) is 1.06. The first-order valence-corrected chi connectivity index (χ1v) is 9.04. The molecule has 4 aromatic rings. The van der Waals surface area contributed by atoms with E-state index in [1.807, 2.05) is 24.3 Å². The van der Waals surface area contributed by atoms with E-state index in [2.05, 4.69) is 10.2 Å². The van der Waals surface area contributed by atoms with Crippen molar-refractivity contribution < 1.29 is 18.1 Å². The molecule has 0 aliphatic rings. The molecule has 0 aliphatic carbocycles. The van der Waals surface area contributed by atoms with Gasteiger partial charge in [0.05, 0.1) is 4.90 Å². The summed E-state index contributed by atoms with van der Waals surface area (Å²) in [5, 5.41) is 18.9. The predicted molar refractivity (Wildman–Crippen MR) is 99.9 cm³/mol. The van der Waals surface area contributed by atoms with Crippen molar-refractivity contribution in [2.24, 2.45) is 0 Å². The van der Waals surface area contributed by atoms with Crippen LogP contribution in [0.1, 0.15) is 0 Å². The zero-order valence-electron chi connectivity index (χ0n) is 14.3. The molecule has 0 fully saturated rings. The van der Waals surface area contributed by atoms with Crippen LogP contribution in [-0.2, 0) is 10.1 Å². The minimum Gasteiger partial charge on any atom is -0.744 e. The van der Waals surface area contributed by atoms with Gasteiger partial charge in [-0.3, -0.25) is 0 Å². The predicted octanol–water partition coefficient (Wildman–Crippen LogP) is 3.07. The number of quaternary nitrogens is 1. The Morgan fingerprint density at radius 1 is 0.852 bits per heavy atom. The average Bonchev–Trinajstić information content (AvgIpc) is 3.05. The molecule has 0 radical (unpaired) electrons. The second-order valence-electron chi connectivity index (χ2n) is 5.66. The van der Waals surface area contributed by atoms with Gasteiger partial charge >= 0.3 is 0 Å². The molecule has 4 rings (SSSR count). The largest absolute Gasteiger partial charge is 0.744 e. The van der Waals surface area contributed by atoms with E-state index in [1.165, 1.54) is 35.1 Å². The molecule has 1 aromatic heterocycles. The summed E-state index contributed by atoms with van der Waals surface area (Å²) in [6, 6.07) is 17.8. The summed E-state index contributed by atoms with van der Waals surface area (Å²) < 4.78 is 33.1. The third-order valence-corrected chi connectivity index (χ3v) is 4.80. The molecule has 1 heterocycles. The molecule has 0 bridgehead atoms. The standard InChI is InChI=1S/C18H13N3O4S.H3N/c22-18-10-7-13(12-5-8-14(9-6-12)26(23,24)25)11-17(18)21-19-15-3-1-2-4-16(15)20-21;/h1-11,22H,(H,23,24,25);1H3. The molecule has 0 atom stereocenters.